The molecule has 0 spiro atoms. The zero-order valence-corrected chi connectivity index (χ0v) is 18.1. The third-order valence-corrected chi connectivity index (χ3v) is 5.71. The van der Waals surface area contributed by atoms with Crippen LogP contribution >= 0.6 is 0 Å². The molecule has 2 aromatic carbocycles. The second-order valence-corrected chi connectivity index (χ2v) is 7.86. The summed E-state index contributed by atoms with van der Waals surface area (Å²) in [5, 5.41) is 9.47. The van der Waals surface area contributed by atoms with E-state index in [0.29, 0.717) is 29.8 Å². The summed E-state index contributed by atoms with van der Waals surface area (Å²) in [6.45, 7) is 0.495. The van der Waals surface area contributed by atoms with Crippen LogP contribution in [0.3, 0.4) is 0 Å². The van der Waals surface area contributed by atoms with E-state index in [1.165, 1.54) is 0 Å². The Kier molecular flexibility index (Phi) is 4.95. The smallest absolute Gasteiger partial charge is 0.248 e. The fourth-order valence-corrected chi connectivity index (χ4v) is 4.08. The lowest BCUT2D eigenvalue weighted by atomic mass is 10.0. The highest BCUT2D eigenvalue weighted by Crippen LogP contribution is 2.34. The predicted molar refractivity (Wildman–Crippen MR) is 126 cm³/mol. The van der Waals surface area contributed by atoms with Gasteiger partial charge in [-0.2, -0.15) is 0 Å². The number of benzene rings is 2. The summed E-state index contributed by atoms with van der Waals surface area (Å²) < 4.78 is 11.8. The second-order valence-electron chi connectivity index (χ2n) is 7.86. The molecule has 6 rings (SSSR count). The Morgan fingerprint density at radius 1 is 0.941 bits per heavy atom. The molecule has 8 nitrogen and oxygen atoms in total. The quantitative estimate of drug-likeness (QED) is 0.394. The molecule has 1 aliphatic heterocycles. The zero-order chi connectivity index (χ0) is 22.9. The van der Waals surface area contributed by atoms with Gasteiger partial charge in [-0.3, -0.25) is 14.7 Å². The first-order chi connectivity index (χ1) is 16.8. The number of rotatable bonds is 4. The Balaban J connectivity index is 1.40. The van der Waals surface area contributed by atoms with E-state index < -0.39 is 0 Å². The molecular weight excluding hydrogens is 430 g/mol. The van der Waals surface area contributed by atoms with E-state index in [1.54, 1.807) is 17.3 Å². The van der Waals surface area contributed by atoms with Crippen molar-refractivity contribution in [2.45, 2.75) is 13.0 Å². The molecule has 0 saturated carbocycles. The molecule has 5 aromatic rings. The first-order valence-corrected chi connectivity index (χ1v) is 10.9. The number of amides is 1. The third-order valence-electron chi connectivity index (χ3n) is 5.71. The van der Waals surface area contributed by atoms with Crippen molar-refractivity contribution in [2.75, 3.05) is 11.5 Å². The standard InChI is InChI=1S/C26H19N5O3/c32-25-11-14-33-23-8-4-3-7-22(23)31(25)16-24-29-30-26(34-24)19-15-21(17-9-12-27-13-10-17)28-20-6-2-1-5-18(19)20/h1-10,12-13,15H,11,14,16H2. The second kappa shape index (κ2) is 8.40. The topological polar surface area (TPSA) is 94.2 Å². The zero-order valence-electron chi connectivity index (χ0n) is 18.1. The monoisotopic (exact) mass is 449 g/mol. The van der Waals surface area contributed by atoms with Gasteiger partial charge < -0.3 is 9.15 Å². The summed E-state index contributed by atoms with van der Waals surface area (Å²) >= 11 is 0. The minimum atomic E-state index is -0.0564. The van der Waals surface area contributed by atoms with Crippen molar-refractivity contribution in [2.24, 2.45) is 0 Å². The number of anilines is 1. The summed E-state index contributed by atoms with van der Waals surface area (Å²) in [6.07, 6.45) is 3.74. The van der Waals surface area contributed by atoms with Crippen molar-refractivity contribution < 1.29 is 13.9 Å². The number of pyridine rings is 2. The van der Waals surface area contributed by atoms with Crippen LogP contribution in [0.25, 0.3) is 33.6 Å². The van der Waals surface area contributed by atoms with E-state index in [9.17, 15) is 4.79 Å². The number of aromatic nitrogens is 4. The van der Waals surface area contributed by atoms with Crippen LogP contribution in [-0.2, 0) is 11.3 Å². The molecule has 1 amide bonds. The van der Waals surface area contributed by atoms with Gasteiger partial charge in [-0.1, -0.05) is 30.3 Å². The molecule has 4 heterocycles. The average Bonchev–Trinajstić information content (AvgIpc) is 3.29. The molecule has 34 heavy (non-hydrogen) atoms. The van der Waals surface area contributed by atoms with Crippen molar-refractivity contribution >= 4 is 22.5 Å². The van der Waals surface area contributed by atoms with Crippen LogP contribution in [-0.4, -0.2) is 32.7 Å². The summed E-state index contributed by atoms with van der Waals surface area (Å²) in [7, 11) is 0. The maximum Gasteiger partial charge on any atom is 0.248 e. The van der Waals surface area contributed by atoms with E-state index in [-0.39, 0.29) is 18.9 Å². The average molecular weight is 449 g/mol. The predicted octanol–water partition coefficient (Wildman–Crippen LogP) is 4.66. The summed E-state index contributed by atoms with van der Waals surface area (Å²) in [6, 6.07) is 21.0. The number of para-hydroxylation sites is 3. The van der Waals surface area contributed by atoms with Gasteiger partial charge in [0.25, 0.3) is 0 Å². The molecule has 0 aliphatic carbocycles. The van der Waals surface area contributed by atoms with E-state index in [1.807, 2.05) is 66.7 Å². The van der Waals surface area contributed by atoms with Crippen LogP contribution in [0.2, 0.25) is 0 Å². The Morgan fingerprint density at radius 3 is 2.68 bits per heavy atom. The number of carbonyl (C=O) groups is 1. The molecule has 0 atom stereocenters. The fourth-order valence-electron chi connectivity index (χ4n) is 4.08. The van der Waals surface area contributed by atoms with Gasteiger partial charge in [-0.15, -0.1) is 10.2 Å². The number of carbonyl (C=O) groups excluding carboxylic acids is 1. The summed E-state index contributed by atoms with van der Waals surface area (Å²) in [5.41, 5.74) is 4.01. The highest BCUT2D eigenvalue weighted by Gasteiger charge is 2.25. The molecule has 3 aromatic heterocycles. The molecule has 1 aliphatic rings. The van der Waals surface area contributed by atoms with Crippen LogP contribution in [0, 0.1) is 0 Å². The van der Waals surface area contributed by atoms with E-state index in [4.69, 9.17) is 14.1 Å². The van der Waals surface area contributed by atoms with Gasteiger partial charge in [0, 0.05) is 23.3 Å². The van der Waals surface area contributed by atoms with Crippen LogP contribution in [0.15, 0.2) is 83.5 Å². The molecule has 0 radical (unpaired) electrons. The van der Waals surface area contributed by atoms with Crippen LogP contribution in [0.1, 0.15) is 12.3 Å². The SMILES string of the molecule is O=C1CCOc2ccccc2N1Cc1nnc(-c2cc(-c3ccncc3)nc3ccccc23)o1. The highest BCUT2D eigenvalue weighted by atomic mass is 16.5. The van der Waals surface area contributed by atoms with Gasteiger partial charge in [0.2, 0.25) is 17.7 Å². The van der Waals surface area contributed by atoms with Crippen LogP contribution < -0.4 is 9.64 Å². The van der Waals surface area contributed by atoms with Gasteiger partial charge in [0.05, 0.1) is 35.5 Å². The lowest BCUT2D eigenvalue weighted by molar-refractivity contribution is -0.119. The van der Waals surface area contributed by atoms with Crippen molar-refractivity contribution in [1.29, 1.82) is 0 Å². The first-order valence-electron chi connectivity index (χ1n) is 10.9. The van der Waals surface area contributed by atoms with E-state index in [0.717, 1.165) is 27.7 Å². The van der Waals surface area contributed by atoms with Gasteiger partial charge in [-0.05, 0) is 36.4 Å². The molecule has 0 unspecified atom stereocenters. The highest BCUT2D eigenvalue weighted by molar-refractivity contribution is 5.96. The molecule has 0 saturated heterocycles. The van der Waals surface area contributed by atoms with E-state index >= 15 is 0 Å². The maximum atomic E-state index is 12.8. The van der Waals surface area contributed by atoms with Crippen molar-refractivity contribution in [1.82, 2.24) is 20.2 Å². The number of ether oxygens (including phenoxy) is 1. The van der Waals surface area contributed by atoms with Gasteiger partial charge >= 0.3 is 0 Å². The Morgan fingerprint density at radius 2 is 1.76 bits per heavy atom. The van der Waals surface area contributed by atoms with Gasteiger partial charge in [-0.25, -0.2) is 4.98 Å². The van der Waals surface area contributed by atoms with Crippen LogP contribution in [0.5, 0.6) is 5.75 Å². The summed E-state index contributed by atoms with van der Waals surface area (Å²) in [5.74, 6) is 1.32. The molecular formula is C26H19N5O3. The van der Waals surface area contributed by atoms with Gasteiger partial charge in [0.15, 0.2) is 0 Å². The number of hydrogen-bond acceptors (Lipinski definition) is 7. The lowest BCUT2D eigenvalue weighted by Crippen LogP contribution is -2.29. The molecule has 166 valence electrons. The van der Waals surface area contributed by atoms with Crippen molar-refractivity contribution in [3.63, 3.8) is 0 Å². The first kappa shape index (κ1) is 20.0. The molecule has 0 bridgehead atoms. The molecule has 0 N–H and O–H groups in total. The molecule has 0 fully saturated rings. The van der Waals surface area contributed by atoms with Crippen LogP contribution in [0.4, 0.5) is 5.69 Å². The Labute approximate surface area is 194 Å². The Bertz CT molecular complexity index is 1500. The summed E-state index contributed by atoms with van der Waals surface area (Å²) in [4.78, 5) is 23.3. The molecule has 8 heteroatoms. The van der Waals surface area contributed by atoms with Gasteiger partial charge in [0.1, 0.15) is 12.3 Å². The fraction of sp³-hybridized carbons (Fsp3) is 0.115. The lowest BCUT2D eigenvalue weighted by Gasteiger charge is -2.19. The number of nitrogens with zero attached hydrogens (tertiary/aromatic N) is 5. The van der Waals surface area contributed by atoms with E-state index in [2.05, 4.69) is 15.2 Å². The maximum absolute atomic E-state index is 12.8. The normalized spacial score (nSPS) is 13.4. The minimum Gasteiger partial charge on any atom is -0.491 e. The Hall–Kier alpha value is -4.59. The van der Waals surface area contributed by atoms with Crippen molar-refractivity contribution in [3.8, 4) is 28.5 Å². The minimum absolute atomic E-state index is 0.0564. The largest absolute Gasteiger partial charge is 0.491 e. The third kappa shape index (κ3) is 3.65. The van der Waals surface area contributed by atoms with Crippen molar-refractivity contribution in [3.05, 3.63) is 85.0 Å². The number of hydrogen-bond donors (Lipinski definition) is 0. The number of fused-ring (bicyclic) bond motifs is 2.